The summed E-state index contributed by atoms with van der Waals surface area (Å²) in [7, 11) is 0. The molecule has 0 unspecified atom stereocenters. The Bertz CT molecular complexity index is 567. The van der Waals surface area contributed by atoms with Crippen LogP contribution in [0, 0.1) is 0 Å². The molecule has 0 saturated carbocycles. The average molecular weight is 261 g/mol. The third kappa shape index (κ3) is 3.01. The highest BCUT2D eigenvalue weighted by Crippen LogP contribution is 2.21. The lowest BCUT2D eigenvalue weighted by atomic mass is 10.1. The molecular formula is C10H11N7S. The number of benzene rings is 1. The average Bonchev–Trinajstić information content (AvgIpc) is 2.82. The standard InChI is InChI=1S/C10H11N7S/c11-9(12)15-10(13)14-7-3-1-6(2-4-7)8-5-18-17-16-8/h1-5H,(H6,11,12,13,14,15). The predicted octanol–water partition coefficient (Wildman–Crippen LogP) is 0.425. The molecule has 0 aliphatic rings. The van der Waals surface area contributed by atoms with E-state index in [1.165, 1.54) is 11.5 Å². The van der Waals surface area contributed by atoms with E-state index in [2.05, 4.69) is 19.6 Å². The Kier molecular flexibility index (Phi) is 3.49. The zero-order valence-electron chi connectivity index (χ0n) is 9.32. The molecule has 0 aliphatic carbocycles. The summed E-state index contributed by atoms with van der Waals surface area (Å²) in [6.07, 6.45) is 0. The largest absolute Gasteiger partial charge is 0.370 e. The van der Waals surface area contributed by atoms with Gasteiger partial charge in [0.1, 0.15) is 5.69 Å². The van der Waals surface area contributed by atoms with Crippen molar-refractivity contribution in [3.63, 3.8) is 0 Å². The van der Waals surface area contributed by atoms with Crippen LogP contribution in [-0.2, 0) is 0 Å². The van der Waals surface area contributed by atoms with Crippen molar-refractivity contribution < 1.29 is 0 Å². The topological polar surface area (TPSA) is 129 Å². The third-order valence-electron chi connectivity index (χ3n) is 2.01. The molecule has 2 aromatic rings. The lowest BCUT2D eigenvalue weighted by Gasteiger charge is -1.98. The fourth-order valence-electron chi connectivity index (χ4n) is 1.29. The SMILES string of the molecule is NC(N)=NC(N)=Nc1ccc(-c2csnn2)cc1. The van der Waals surface area contributed by atoms with Gasteiger partial charge in [-0.05, 0) is 23.7 Å². The van der Waals surface area contributed by atoms with Gasteiger partial charge in [0.2, 0.25) is 5.96 Å². The number of hydrogen-bond acceptors (Lipinski definition) is 4. The second-order valence-corrected chi connectivity index (χ2v) is 3.95. The van der Waals surface area contributed by atoms with Gasteiger partial charge in [0.15, 0.2) is 5.96 Å². The highest BCUT2D eigenvalue weighted by atomic mass is 32.1. The molecule has 18 heavy (non-hydrogen) atoms. The molecule has 0 saturated heterocycles. The van der Waals surface area contributed by atoms with Crippen molar-refractivity contribution in [2.75, 3.05) is 0 Å². The molecule has 7 nitrogen and oxygen atoms in total. The number of guanidine groups is 2. The molecule has 0 fully saturated rings. The van der Waals surface area contributed by atoms with Gasteiger partial charge in [-0.25, -0.2) is 4.99 Å². The van der Waals surface area contributed by atoms with Crippen molar-refractivity contribution in [1.82, 2.24) is 9.59 Å². The summed E-state index contributed by atoms with van der Waals surface area (Å²) in [4.78, 5) is 7.66. The van der Waals surface area contributed by atoms with Crippen molar-refractivity contribution in [3.8, 4) is 11.3 Å². The molecule has 92 valence electrons. The van der Waals surface area contributed by atoms with Gasteiger partial charge in [-0.2, -0.15) is 4.99 Å². The van der Waals surface area contributed by atoms with Gasteiger partial charge in [0.25, 0.3) is 0 Å². The molecule has 2 rings (SSSR count). The lowest BCUT2D eigenvalue weighted by Crippen LogP contribution is -2.26. The highest BCUT2D eigenvalue weighted by molar-refractivity contribution is 7.03. The van der Waals surface area contributed by atoms with Gasteiger partial charge in [0.05, 0.1) is 5.69 Å². The van der Waals surface area contributed by atoms with Crippen molar-refractivity contribution in [2.45, 2.75) is 0 Å². The van der Waals surface area contributed by atoms with Crippen LogP contribution in [0.1, 0.15) is 0 Å². The fraction of sp³-hybridized carbons (Fsp3) is 0. The highest BCUT2D eigenvalue weighted by Gasteiger charge is 2.00. The molecule has 1 aromatic carbocycles. The van der Waals surface area contributed by atoms with Crippen LogP contribution in [-0.4, -0.2) is 21.5 Å². The van der Waals surface area contributed by atoms with E-state index in [-0.39, 0.29) is 11.9 Å². The second-order valence-electron chi connectivity index (χ2n) is 3.34. The normalized spacial score (nSPS) is 11.2. The Balaban J connectivity index is 2.21. The molecule has 0 amide bonds. The summed E-state index contributed by atoms with van der Waals surface area (Å²) in [5.74, 6) is -0.112. The van der Waals surface area contributed by atoms with Crippen molar-refractivity contribution in [3.05, 3.63) is 29.6 Å². The Morgan fingerprint density at radius 2 is 1.83 bits per heavy atom. The Labute approximate surface area is 107 Å². The van der Waals surface area contributed by atoms with Crippen LogP contribution in [0.15, 0.2) is 39.6 Å². The van der Waals surface area contributed by atoms with Crippen LogP contribution >= 0.6 is 11.5 Å². The van der Waals surface area contributed by atoms with Gasteiger partial charge in [0, 0.05) is 10.9 Å². The van der Waals surface area contributed by atoms with E-state index < -0.39 is 0 Å². The first-order chi connectivity index (χ1) is 8.65. The first-order valence-corrected chi connectivity index (χ1v) is 5.80. The van der Waals surface area contributed by atoms with Gasteiger partial charge >= 0.3 is 0 Å². The molecule has 1 aromatic heterocycles. The van der Waals surface area contributed by atoms with E-state index in [0.717, 1.165) is 11.3 Å². The summed E-state index contributed by atoms with van der Waals surface area (Å²) < 4.78 is 3.80. The smallest absolute Gasteiger partial charge is 0.223 e. The van der Waals surface area contributed by atoms with Crippen molar-refractivity contribution in [1.29, 1.82) is 0 Å². The van der Waals surface area contributed by atoms with E-state index in [1.807, 2.05) is 17.5 Å². The summed E-state index contributed by atoms with van der Waals surface area (Å²) in [5.41, 5.74) is 18.3. The summed E-state index contributed by atoms with van der Waals surface area (Å²) in [6, 6.07) is 7.34. The molecule has 8 heteroatoms. The molecule has 0 spiro atoms. The number of aromatic nitrogens is 2. The first-order valence-electron chi connectivity index (χ1n) is 4.96. The van der Waals surface area contributed by atoms with Crippen molar-refractivity contribution >= 4 is 29.1 Å². The summed E-state index contributed by atoms with van der Waals surface area (Å²) in [5, 5.41) is 5.84. The number of aliphatic imine (C=N–C) groups is 2. The van der Waals surface area contributed by atoms with E-state index in [0.29, 0.717) is 5.69 Å². The van der Waals surface area contributed by atoms with E-state index in [4.69, 9.17) is 17.2 Å². The number of nitrogens with zero attached hydrogens (tertiary/aromatic N) is 4. The molecule has 0 radical (unpaired) electrons. The quantitative estimate of drug-likeness (QED) is 0.533. The van der Waals surface area contributed by atoms with E-state index in [9.17, 15) is 0 Å². The number of nitrogens with two attached hydrogens (primary N) is 3. The fourth-order valence-corrected chi connectivity index (χ4v) is 1.75. The zero-order chi connectivity index (χ0) is 13.0. The summed E-state index contributed by atoms with van der Waals surface area (Å²) in [6.45, 7) is 0. The van der Waals surface area contributed by atoms with Gasteiger partial charge in [-0.3, -0.25) is 0 Å². The van der Waals surface area contributed by atoms with Crippen LogP contribution < -0.4 is 17.2 Å². The first kappa shape index (κ1) is 12.0. The van der Waals surface area contributed by atoms with Gasteiger partial charge in [-0.15, -0.1) is 5.10 Å². The minimum Gasteiger partial charge on any atom is -0.370 e. The third-order valence-corrected chi connectivity index (χ3v) is 2.52. The Morgan fingerprint density at radius 3 is 2.39 bits per heavy atom. The molecule has 0 atom stereocenters. The van der Waals surface area contributed by atoms with Crippen LogP contribution in [0.25, 0.3) is 11.3 Å². The molecule has 0 aliphatic heterocycles. The minimum atomic E-state index is -0.124. The van der Waals surface area contributed by atoms with Crippen LogP contribution in [0.3, 0.4) is 0 Å². The van der Waals surface area contributed by atoms with Crippen LogP contribution in [0.5, 0.6) is 0 Å². The van der Waals surface area contributed by atoms with Crippen molar-refractivity contribution in [2.24, 2.45) is 27.2 Å². The Morgan fingerprint density at radius 1 is 1.11 bits per heavy atom. The van der Waals surface area contributed by atoms with Crippen LogP contribution in [0.2, 0.25) is 0 Å². The Hall–Kier alpha value is -2.48. The maximum atomic E-state index is 5.52. The van der Waals surface area contributed by atoms with Crippen LogP contribution in [0.4, 0.5) is 5.69 Å². The molecule has 0 bridgehead atoms. The molecular weight excluding hydrogens is 250 g/mol. The van der Waals surface area contributed by atoms with E-state index >= 15 is 0 Å². The lowest BCUT2D eigenvalue weighted by molar-refractivity contribution is 1.16. The minimum absolute atomic E-state index is 0.0121. The summed E-state index contributed by atoms with van der Waals surface area (Å²) >= 11 is 1.30. The van der Waals surface area contributed by atoms with Gasteiger partial charge < -0.3 is 17.2 Å². The maximum absolute atomic E-state index is 5.52. The number of hydrogen-bond donors (Lipinski definition) is 3. The maximum Gasteiger partial charge on any atom is 0.223 e. The molecule has 6 N–H and O–H groups in total. The number of rotatable bonds is 2. The molecule has 1 heterocycles. The second kappa shape index (κ2) is 5.23. The van der Waals surface area contributed by atoms with Gasteiger partial charge in [-0.1, -0.05) is 16.6 Å². The van der Waals surface area contributed by atoms with E-state index in [1.54, 1.807) is 12.1 Å². The monoisotopic (exact) mass is 261 g/mol. The predicted molar refractivity (Wildman–Crippen MR) is 72.4 cm³/mol. The zero-order valence-corrected chi connectivity index (χ0v) is 10.1.